The zero-order chi connectivity index (χ0) is 26.7. The van der Waals surface area contributed by atoms with Gasteiger partial charge in [-0.1, -0.05) is 6.07 Å². The van der Waals surface area contributed by atoms with Gasteiger partial charge in [0, 0.05) is 49.9 Å². The highest BCUT2D eigenvalue weighted by molar-refractivity contribution is 5.94. The number of aliphatic hydroxyl groups excluding tert-OH is 1. The molecule has 37 heavy (non-hydrogen) atoms. The number of ether oxygens (including phenoxy) is 1. The molecule has 3 atom stereocenters. The van der Waals surface area contributed by atoms with E-state index >= 15 is 0 Å². The number of carbonyl (C=O) groups excluding carboxylic acids is 1. The molecule has 9 heteroatoms. The Morgan fingerprint density at radius 3 is 2.43 bits per heavy atom. The van der Waals surface area contributed by atoms with Crippen molar-refractivity contribution in [2.75, 3.05) is 39.4 Å². The first-order valence-corrected chi connectivity index (χ1v) is 12.9. The van der Waals surface area contributed by atoms with Gasteiger partial charge < -0.3 is 20.1 Å². The number of hydrogen-bond donors (Lipinski definition) is 2. The van der Waals surface area contributed by atoms with Gasteiger partial charge in [0.15, 0.2) is 0 Å². The van der Waals surface area contributed by atoms with Gasteiger partial charge in [0.25, 0.3) is 5.91 Å². The summed E-state index contributed by atoms with van der Waals surface area (Å²) in [6.07, 6.45) is -2.81. The third-order valence-electron chi connectivity index (χ3n) is 7.78. The zero-order valence-electron chi connectivity index (χ0n) is 21.6. The number of halogens is 3. The van der Waals surface area contributed by atoms with Crippen molar-refractivity contribution in [1.82, 2.24) is 15.1 Å². The SMILES string of the molecule is Cc1c(OCCNCCCO)ccc([C@H](C)N2C[C@H]3C[C@@H]2CN3C(=O)c2ccc(C(F)(F)F)cc2)c1C. The van der Waals surface area contributed by atoms with Crippen LogP contribution in [0.15, 0.2) is 36.4 Å². The summed E-state index contributed by atoms with van der Waals surface area (Å²) in [7, 11) is 0. The molecule has 2 bridgehead atoms. The summed E-state index contributed by atoms with van der Waals surface area (Å²) in [5.74, 6) is 0.668. The summed E-state index contributed by atoms with van der Waals surface area (Å²) in [6.45, 7) is 9.91. The normalized spacial score (nSPS) is 20.5. The van der Waals surface area contributed by atoms with E-state index in [1.807, 2.05) is 11.0 Å². The maximum absolute atomic E-state index is 13.0. The van der Waals surface area contributed by atoms with Crippen molar-refractivity contribution in [1.29, 1.82) is 0 Å². The second-order valence-electron chi connectivity index (χ2n) is 10.0. The van der Waals surface area contributed by atoms with Crippen LogP contribution in [0.25, 0.3) is 0 Å². The molecule has 4 rings (SSSR count). The molecule has 0 spiro atoms. The van der Waals surface area contributed by atoms with Crippen LogP contribution in [0, 0.1) is 13.8 Å². The lowest BCUT2D eigenvalue weighted by atomic mass is 9.96. The molecule has 0 aromatic heterocycles. The average Bonchev–Trinajstić information content (AvgIpc) is 3.49. The van der Waals surface area contributed by atoms with Gasteiger partial charge in [-0.3, -0.25) is 9.69 Å². The highest BCUT2D eigenvalue weighted by atomic mass is 19.4. The van der Waals surface area contributed by atoms with Crippen LogP contribution in [0.1, 0.15) is 58.4 Å². The number of hydrogen-bond acceptors (Lipinski definition) is 5. The fourth-order valence-electron chi connectivity index (χ4n) is 5.56. The van der Waals surface area contributed by atoms with Crippen LogP contribution < -0.4 is 10.1 Å². The molecule has 0 radical (unpaired) electrons. The Morgan fingerprint density at radius 2 is 1.81 bits per heavy atom. The highest BCUT2D eigenvalue weighted by Crippen LogP contribution is 2.39. The predicted octanol–water partition coefficient (Wildman–Crippen LogP) is 4.33. The number of benzene rings is 2. The van der Waals surface area contributed by atoms with Crippen LogP contribution in [0.5, 0.6) is 5.75 Å². The van der Waals surface area contributed by atoms with Gasteiger partial charge in [0.2, 0.25) is 0 Å². The summed E-state index contributed by atoms with van der Waals surface area (Å²) < 4.78 is 44.6. The van der Waals surface area contributed by atoms with Crippen molar-refractivity contribution in [3.63, 3.8) is 0 Å². The smallest absolute Gasteiger partial charge is 0.416 e. The Kier molecular flexibility index (Phi) is 8.46. The fourth-order valence-corrected chi connectivity index (χ4v) is 5.56. The topological polar surface area (TPSA) is 65.0 Å². The minimum absolute atomic E-state index is 0.0598. The largest absolute Gasteiger partial charge is 0.492 e. The summed E-state index contributed by atoms with van der Waals surface area (Å²) in [5.41, 5.74) is 3.09. The van der Waals surface area contributed by atoms with Gasteiger partial charge >= 0.3 is 6.18 Å². The third kappa shape index (κ3) is 5.94. The molecule has 2 N–H and O–H groups in total. The Morgan fingerprint density at radius 1 is 1.08 bits per heavy atom. The van der Waals surface area contributed by atoms with E-state index in [1.54, 1.807) is 0 Å². The van der Waals surface area contributed by atoms with Crippen LogP contribution in [0.4, 0.5) is 13.2 Å². The summed E-state index contributed by atoms with van der Waals surface area (Å²) >= 11 is 0. The van der Waals surface area contributed by atoms with E-state index in [0.29, 0.717) is 18.7 Å². The van der Waals surface area contributed by atoms with E-state index in [-0.39, 0.29) is 30.6 Å². The van der Waals surface area contributed by atoms with Crippen LogP contribution in [-0.2, 0) is 6.18 Å². The number of carbonyl (C=O) groups is 1. The lowest BCUT2D eigenvalue weighted by Crippen LogP contribution is -2.49. The number of amides is 1. The van der Waals surface area contributed by atoms with Crippen LogP contribution in [-0.4, -0.2) is 72.3 Å². The molecule has 2 aliphatic rings. The molecule has 2 aliphatic heterocycles. The summed E-state index contributed by atoms with van der Waals surface area (Å²) in [4.78, 5) is 17.3. The van der Waals surface area contributed by atoms with Gasteiger partial charge in [0.1, 0.15) is 12.4 Å². The van der Waals surface area contributed by atoms with Gasteiger partial charge in [-0.15, -0.1) is 0 Å². The molecular formula is C28H36F3N3O3. The van der Waals surface area contributed by atoms with Gasteiger partial charge in [-0.2, -0.15) is 13.2 Å². The van der Waals surface area contributed by atoms with Crippen LogP contribution >= 0.6 is 0 Å². The molecule has 6 nitrogen and oxygen atoms in total. The lowest BCUT2D eigenvalue weighted by molar-refractivity contribution is -0.137. The number of fused-ring (bicyclic) bond motifs is 2. The van der Waals surface area contributed by atoms with Crippen molar-refractivity contribution >= 4 is 5.91 Å². The van der Waals surface area contributed by atoms with E-state index in [9.17, 15) is 18.0 Å². The number of aliphatic hydroxyl groups is 1. The van der Waals surface area contributed by atoms with Crippen molar-refractivity contribution in [3.8, 4) is 5.75 Å². The number of rotatable bonds is 10. The first-order valence-electron chi connectivity index (χ1n) is 12.9. The second kappa shape index (κ2) is 11.4. The van der Waals surface area contributed by atoms with E-state index in [0.717, 1.165) is 55.9 Å². The molecule has 2 heterocycles. The van der Waals surface area contributed by atoms with E-state index in [4.69, 9.17) is 9.84 Å². The molecular weight excluding hydrogens is 483 g/mol. The molecule has 2 saturated heterocycles. The molecule has 2 aromatic rings. The van der Waals surface area contributed by atoms with Crippen molar-refractivity contribution in [3.05, 3.63) is 64.2 Å². The molecule has 2 aromatic carbocycles. The van der Waals surface area contributed by atoms with Crippen molar-refractivity contribution < 1.29 is 27.8 Å². The molecule has 0 unspecified atom stereocenters. The number of alkyl halides is 3. The van der Waals surface area contributed by atoms with Gasteiger partial charge in [-0.05, 0) is 87.2 Å². The van der Waals surface area contributed by atoms with Gasteiger partial charge in [-0.25, -0.2) is 0 Å². The molecule has 1 amide bonds. The molecule has 202 valence electrons. The predicted molar refractivity (Wildman–Crippen MR) is 136 cm³/mol. The standard InChI is InChI=1S/C28H36F3N3O3/c1-18-19(2)26(37-14-12-32-11-4-13-35)10-9-25(18)20(3)33-16-24-15-23(33)17-34(24)27(36)21-5-7-22(8-6-21)28(29,30)31/h5-10,20,23-24,32,35H,4,11-17H2,1-3H3/t20-,23+,24+/m0/s1. The Hall–Kier alpha value is -2.62. The molecule has 0 aliphatic carbocycles. The number of nitrogens with one attached hydrogen (secondary N) is 1. The first-order chi connectivity index (χ1) is 17.6. The number of nitrogens with zero attached hydrogens (tertiary/aromatic N) is 2. The second-order valence-corrected chi connectivity index (χ2v) is 10.0. The fraction of sp³-hybridized carbons (Fsp3) is 0.536. The maximum atomic E-state index is 13.0. The number of likely N-dealkylation sites (tertiary alicyclic amines) is 2. The Balaban J connectivity index is 1.36. The van der Waals surface area contributed by atoms with Crippen molar-refractivity contribution in [2.24, 2.45) is 0 Å². The van der Waals surface area contributed by atoms with E-state index < -0.39 is 11.7 Å². The summed E-state index contributed by atoms with van der Waals surface area (Å²) in [5, 5.41) is 12.1. The minimum atomic E-state index is -4.41. The zero-order valence-corrected chi connectivity index (χ0v) is 21.6. The molecule has 0 saturated carbocycles. The van der Waals surface area contributed by atoms with Gasteiger partial charge in [0.05, 0.1) is 5.56 Å². The number of piperazine rings is 1. The highest BCUT2D eigenvalue weighted by Gasteiger charge is 2.47. The molecule has 2 fully saturated rings. The monoisotopic (exact) mass is 519 g/mol. The third-order valence-corrected chi connectivity index (χ3v) is 7.78. The maximum Gasteiger partial charge on any atom is 0.416 e. The Bertz CT molecular complexity index is 1090. The average molecular weight is 520 g/mol. The van der Waals surface area contributed by atoms with Crippen LogP contribution in [0.2, 0.25) is 0 Å². The van der Waals surface area contributed by atoms with Crippen molar-refractivity contribution in [2.45, 2.75) is 57.9 Å². The van der Waals surface area contributed by atoms with Crippen LogP contribution in [0.3, 0.4) is 0 Å². The Labute approximate surface area is 216 Å². The first kappa shape index (κ1) is 27.4. The quantitative estimate of drug-likeness (QED) is 0.458. The van der Waals surface area contributed by atoms with E-state index in [2.05, 4.69) is 37.1 Å². The van der Waals surface area contributed by atoms with E-state index in [1.165, 1.54) is 23.3 Å². The minimum Gasteiger partial charge on any atom is -0.492 e. The summed E-state index contributed by atoms with van der Waals surface area (Å²) in [6, 6.07) is 9.10. The lowest BCUT2D eigenvalue weighted by Gasteiger charge is -2.38.